The number of carbonyl (C=O) groups excluding carboxylic acids is 1. The summed E-state index contributed by atoms with van der Waals surface area (Å²) in [5.41, 5.74) is 1.67. The van der Waals surface area contributed by atoms with Gasteiger partial charge in [-0.05, 0) is 18.2 Å². The van der Waals surface area contributed by atoms with Crippen LogP contribution in [-0.2, 0) is 0 Å². The van der Waals surface area contributed by atoms with Crippen molar-refractivity contribution in [2.75, 3.05) is 6.79 Å². The van der Waals surface area contributed by atoms with Crippen LogP contribution in [0, 0.1) is 10.1 Å². The van der Waals surface area contributed by atoms with Gasteiger partial charge in [-0.25, -0.2) is 5.43 Å². The monoisotopic (exact) mass is 361 g/mol. The fourth-order valence-corrected chi connectivity index (χ4v) is 2.17. The molecule has 1 aliphatic heterocycles. The Hall–Kier alpha value is -4.02. The fourth-order valence-electron chi connectivity index (χ4n) is 2.17. The van der Waals surface area contributed by atoms with Gasteiger partial charge in [0.15, 0.2) is 28.7 Å². The second-order valence-electron chi connectivity index (χ2n) is 5.08. The number of phenols is 3. The molecule has 0 unspecified atom stereocenters. The SMILES string of the molecule is O=C(NN=Cc1cc2c(cc1[N+](=O)[O-])OCO2)c1cc(O)c(O)c(O)c1. The van der Waals surface area contributed by atoms with E-state index in [1.807, 2.05) is 0 Å². The van der Waals surface area contributed by atoms with Crippen molar-refractivity contribution in [2.24, 2.45) is 5.10 Å². The van der Waals surface area contributed by atoms with Gasteiger partial charge in [0.25, 0.3) is 11.6 Å². The number of ether oxygens (including phenoxy) is 2. The van der Waals surface area contributed by atoms with Gasteiger partial charge in [-0.3, -0.25) is 14.9 Å². The number of phenolic OH excluding ortho intramolecular Hbond substituents is 3. The highest BCUT2D eigenvalue weighted by molar-refractivity contribution is 5.96. The summed E-state index contributed by atoms with van der Waals surface area (Å²) in [5.74, 6) is -2.43. The molecule has 3 rings (SSSR count). The maximum absolute atomic E-state index is 11.9. The van der Waals surface area contributed by atoms with Crippen molar-refractivity contribution in [3.05, 3.63) is 45.5 Å². The first-order valence-corrected chi connectivity index (χ1v) is 7.03. The first-order chi connectivity index (χ1) is 12.4. The largest absolute Gasteiger partial charge is 0.504 e. The van der Waals surface area contributed by atoms with E-state index in [2.05, 4.69) is 10.5 Å². The Labute approximate surface area is 144 Å². The first-order valence-electron chi connectivity index (χ1n) is 7.03. The van der Waals surface area contributed by atoms with Gasteiger partial charge in [-0.1, -0.05) is 0 Å². The predicted molar refractivity (Wildman–Crippen MR) is 85.7 cm³/mol. The number of amides is 1. The molecule has 0 radical (unpaired) electrons. The molecular formula is C15H11N3O8. The van der Waals surface area contributed by atoms with Crippen LogP contribution in [-0.4, -0.2) is 39.2 Å². The first kappa shape index (κ1) is 16.8. The van der Waals surface area contributed by atoms with E-state index in [0.29, 0.717) is 5.75 Å². The summed E-state index contributed by atoms with van der Waals surface area (Å²) >= 11 is 0. The highest BCUT2D eigenvalue weighted by Crippen LogP contribution is 2.37. The van der Waals surface area contributed by atoms with Gasteiger partial charge >= 0.3 is 0 Å². The number of nitrogens with zero attached hydrogens (tertiary/aromatic N) is 2. The number of fused-ring (bicyclic) bond motifs is 1. The van der Waals surface area contributed by atoms with E-state index in [0.717, 1.165) is 18.3 Å². The summed E-state index contributed by atoms with van der Waals surface area (Å²) in [6, 6.07) is 4.36. The summed E-state index contributed by atoms with van der Waals surface area (Å²) in [7, 11) is 0. The zero-order valence-electron chi connectivity index (χ0n) is 12.9. The topological polar surface area (TPSA) is 164 Å². The molecule has 0 atom stereocenters. The Morgan fingerprint density at radius 3 is 2.38 bits per heavy atom. The quantitative estimate of drug-likeness (QED) is 0.273. The summed E-state index contributed by atoms with van der Waals surface area (Å²) in [6.07, 6.45) is 1.04. The number of hydrogen-bond acceptors (Lipinski definition) is 9. The minimum Gasteiger partial charge on any atom is -0.504 e. The van der Waals surface area contributed by atoms with Crippen molar-refractivity contribution in [2.45, 2.75) is 0 Å². The number of rotatable bonds is 4. The molecule has 0 aromatic heterocycles. The molecule has 2 aromatic rings. The molecule has 0 aliphatic carbocycles. The van der Waals surface area contributed by atoms with E-state index in [9.17, 15) is 30.2 Å². The second kappa shape index (κ2) is 6.47. The molecule has 26 heavy (non-hydrogen) atoms. The van der Waals surface area contributed by atoms with Crippen molar-refractivity contribution in [3.63, 3.8) is 0 Å². The zero-order chi connectivity index (χ0) is 18.8. The van der Waals surface area contributed by atoms with Crippen LogP contribution in [0.4, 0.5) is 5.69 Å². The molecule has 0 spiro atoms. The van der Waals surface area contributed by atoms with Crippen molar-refractivity contribution >= 4 is 17.8 Å². The van der Waals surface area contributed by atoms with Crippen LogP contribution in [0.3, 0.4) is 0 Å². The molecule has 134 valence electrons. The lowest BCUT2D eigenvalue weighted by atomic mass is 10.1. The number of carbonyl (C=O) groups is 1. The number of hydrazone groups is 1. The van der Waals surface area contributed by atoms with E-state index in [1.165, 1.54) is 12.1 Å². The van der Waals surface area contributed by atoms with Crippen molar-refractivity contribution < 1.29 is 34.5 Å². The van der Waals surface area contributed by atoms with Gasteiger partial charge in [0.1, 0.15) is 0 Å². The average Bonchev–Trinajstić information content (AvgIpc) is 3.05. The average molecular weight is 361 g/mol. The Morgan fingerprint density at radius 2 is 1.77 bits per heavy atom. The molecule has 2 aromatic carbocycles. The highest BCUT2D eigenvalue weighted by atomic mass is 16.7. The van der Waals surface area contributed by atoms with Crippen molar-refractivity contribution in [3.8, 4) is 28.7 Å². The molecule has 0 saturated carbocycles. The molecule has 0 saturated heterocycles. The van der Waals surface area contributed by atoms with E-state index < -0.39 is 28.1 Å². The molecule has 11 heteroatoms. The minimum atomic E-state index is -0.824. The molecule has 1 amide bonds. The van der Waals surface area contributed by atoms with Crippen LogP contribution in [0.5, 0.6) is 28.7 Å². The summed E-state index contributed by atoms with van der Waals surface area (Å²) in [6.45, 7) is -0.0579. The minimum absolute atomic E-state index is 0.0579. The number of nitrogens with one attached hydrogen (secondary N) is 1. The molecule has 1 aliphatic rings. The van der Waals surface area contributed by atoms with Crippen LogP contribution in [0.1, 0.15) is 15.9 Å². The lowest BCUT2D eigenvalue weighted by molar-refractivity contribution is -0.385. The van der Waals surface area contributed by atoms with E-state index in [-0.39, 0.29) is 29.4 Å². The maximum Gasteiger partial charge on any atom is 0.282 e. The van der Waals surface area contributed by atoms with Gasteiger partial charge < -0.3 is 24.8 Å². The van der Waals surface area contributed by atoms with Crippen LogP contribution < -0.4 is 14.9 Å². The summed E-state index contributed by atoms with van der Waals surface area (Å²) in [5, 5.41) is 42.8. The third-order valence-electron chi connectivity index (χ3n) is 3.42. The Bertz CT molecular complexity index is 918. The Balaban J connectivity index is 1.81. The third kappa shape index (κ3) is 3.13. The van der Waals surface area contributed by atoms with Crippen LogP contribution in [0.25, 0.3) is 0 Å². The summed E-state index contributed by atoms with van der Waals surface area (Å²) < 4.78 is 10.2. The number of nitro groups is 1. The van der Waals surface area contributed by atoms with E-state index in [1.54, 1.807) is 0 Å². The lowest BCUT2D eigenvalue weighted by Crippen LogP contribution is -2.17. The molecule has 11 nitrogen and oxygen atoms in total. The van der Waals surface area contributed by atoms with Gasteiger partial charge in [-0.15, -0.1) is 0 Å². The van der Waals surface area contributed by atoms with Crippen LogP contribution in [0.15, 0.2) is 29.4 Å². The molecule has 4 N–H and O–H groups in total. The second-order valence-corrected chi connectivity index (χ2v) is 5.08. The predicted octanol–water partition coefficient (Wildman–Crippen LogP) is 1.20. The fraction of sp³-hybridized carbons (Fsp3) is 0.0667. The highest BCUT2D eigenvalue weighted by Gasteiger charge is 2.22. The lowest BCUT2D eigenvalue weighted by Gasteiger charge is -2.04. The maximum atomic E-state index is 11.9. The Kier molecular flexibility index (Phi) is 4.19. The Morgan fingerprint density at radius 1 is 1.15 bits per heavy atom. The van der Waals surface area contributed by atoms with Crippen LogP contribution >= 0.6 is 0 Å². The normalized spacial score (nSPS) is 12.3. The van der Waals surface area contributed by atoms with Crippen molar-refractivity contribution in [1.29, 1.82) is 0 Å². The molecule has 0 bridgehead atoms. The number of aromatic hydroxyl groups is 3. The number of benzene rings is 2. The molecule has 0 fully saturated rings. The standard InChI is InChI=1S/C15H11N3O8/c19-10-1-7(2-11(20)14(10)21)15(22)17-16-5-8-3-12-13(26-6-25-12)4-9(8)18(23)24/h1-5,19-21H,6H2,(H,17,22). The number of nitro benzene ring substituents is 1. The number of hydrogen-bond donors (Lipinski definition) is 4. The van der Waals surface area contributed by atoms with Gasteiger partial charge in [0.2, 0.25) is 6.79 Å². The van der Waals surface area contributed by atoms with Gasteiger partial charge in [0.05, 0.1) is 22.8 Å². The van der Waals surface area contributed by atoms with Gasteiger partial charge in [0, 0.05) is 5.56 Å². The molecular weight excluding hydrogens is 350 g/mol. The van der Waals surface area contributed by atoms with Gasteiger partial charge in [-0.2, -0.15) is 5.10 Å². The van der Waals surface area contributed by atoms with E-state index in [4.69, 9.17) is 9.47 Å². The van der Waals surface area contributed by atoms with Crippen molar-refractivity contribution in [1.82, 2.24) is 5.43 Å². The third-order valence-corrected chi connectivity index (χ3v) is 3.42. The smallest absolute Gasteiger partial charge is 0.282 e. The zero-order valence-corrected chi connectivity index (χ0v) is 12.9. The molecule has 1 heterocycles. The van der Waals surface area contributed by atoms with E-state index >= 15 is 0 Å². The van der Waals surface area contributed by atoms with Crippen LogP contribution in [0.2, 0.25) is 0 Å². The summed E-state index contributed by atoms with van der Waals surface area (Å²) in [4.78, 5) is 22.4.